The fraction of sp³-hybridized carbons (Fsp3) is 1.00. The molecule has 0 spiro atoms. The fourth-order valence-electron chi connectivity index (χ4n) is 1.32. The number of methoxy groups -OCH3 is 1. The highest BCUT2D eigenvalue weighted by atomic mass is 19.4. The van der Waals surface area contributed by atoms with E-state index >= 15 is 0 Å². The van der Waals surface area contributed by atoms with Crippen molar-refractivity contribution in [3.05, 3.63) is 0 Å². The van der Waals surface area contributed by atoms with Crippen LogP contribution < -0.4 is 11.3 Å². The summed E-state index contributed by atoms with van der Waals surface area (Å²) in [6, 6.07) is -0.123. The Kier molecular flexibility index (Phi) is 6.87. The molecular formula is C9H19F3N2O. The summed E-state index contributed by atoms with van der Waals surface area (Å²) in [5.74, 6) is 5.24. The summed E-state index contributed by atoms with van der Waals surface area (Å²) in [6.07, 6.45) is -3.72. The fourth-order valence-corrected chi connectivity index (χ4v) is 1.32. The molecule has 3 nitrogen and oxygen atoms in total. The molecule has 0 aromatic rings. The van der Waals surface area contributed by atoms with Gasteiger partial charge in [0.25, 0.3) is 0 Å². The molecule has 92 valence electrons. The summed E-state index contributed by atoms with van der Waals surface area (Å²) >= 11 is 0. The minimum Gasteiger partial charge on any atom is -0.382 e. The first-order valence-electron chi connectivity index (χ1n) is 4.94. The van der Waals surface area contributed by atoms with E-state index < -0.39 is 12.6 Å². The van der Waals surface area contributed by atoms with E-state index in [1.165, 1.54) is 0 Å². The quantitative estimate of drug-likeness (QED) is 0.517. The number of alkyl halides is 3. The lowest BCUT2D eigenvalue weighted by atomic mass is 10.0. The second-order valence-electron chi connectivity index (χ2n) is 3.65. The summed E-state index contributed by atoms with van der Waals surface area (Å²) in [4.78, 5) is 0. The molecule has 15 heavy (non-hydrogen) atoms. The number of rotatable bonds is 7. The maximum Gasteiger partial charge on any atom is 0.389 e. The van der Waals surface area contributed by atoms with Crippen molar-refractivity contribution in [1.29, 1.82) is 0 Å². The van der Waals surface area contributed by atoms with Crippen LogP contribution in [0.4, 0.5) is 13.2 Å². The Hall–Kier alpha value is -0.330. The zero-order valence-corrected chi connectivity index (χ0v) is 9.10. The monoisotopic (exact) mass is 228 g/mol. The summed E-state index contributed by atoms with van der Waals surface area (Å²) in [6.45, 7) is 1.86. The number of nitrogens with two attached hydrogens (primary N) is 1. The highest BCUT2D eigenvalue weighted by Gasteiger charge is 2.26. The summed E-state index contributed by atoms with van der Waals surface area (Å²) in [5, 5.41) is 0. The molecule has 0 amide bonds. The average molecular weight is 228 g/mol. The van der Waals surface area contributed by atoms with Gasteiger partial charge in [0.05, 0.1) is 6.10 Å². The third-order valence-electron chi connectivity index (χ3n) is 2.27. The molecule has 0 aromatic carbocycles. The minimum absolute atomic E-state index is 0.00284. The lowest BCUT2D eigenvalue weighted by Gasteiger charge is -2.19. The molecule has 0 aliphatic carbocycles. The van der Waals surface area contributed by atoms with Crippen molar-refractivity contribution in [1.82, 2.24) is 5.43 Å². The molecule has 0 bridgehead atoms. The van der Waals surface area contributed by atoms with Crippen LogP contribution in [0.5, 0.6) is 0 Å². The van der Waals surface area contributed by atoms with Gasteiger partial charge in [-0.3, -0.25) is 11.3 Å². The number of hydrazine groups is 1. The molecule has 0 aromatic heterocycles. The zero-order valence-electron chi connectivity index (χ0n) is 9.10. The molecular weight excluding hydrogens is 209 g/mol. The van der Waals surface area contributed by atoms with Crippen LogP contribution in [0.15, 0.2) is 0 Å². The van der Waals surface area contributed by atoms with Crippen LogP contribution in [0.1, 0.15) is 32.6 Å². The van der Waals surface area contributed by atoms with E-state index in [0.29, 0.717) is 12.8 Å². The number of ether oxygens (including phenoxy) is 1. The SMILES string of the molecule is COC(C)CC(CCCC(F)(F)F)NN. The second-order valence-corrected chi connectivity index (χ2v) is 3.65. The normalized spacial score (nSPS) is 16.4. The van der Waals surface area contributed by atoms with Crippen molar-refractivity contribution in [3.63, 3.8) is 0 Å². The Morgan fingerprint density at radius 2 is 2.00 bits per heavy atom. The molecule has 0 aliphatic heterocycles. The Morgan fingerprint density at radius 1 is 1.40 bits per heavy atom. The standard InChI is InChI=1S/C9H19F3N2O/c1-7(15-2)6-8(14-13)4-3-5-9(10,11)12/h7-8,14H,3-6,13H2,1-2H3. The first-order valence-corrected chi connectivity index (χ1v) is 4.94. The maximum absolute atomic E-state index is 11.9. The Morgan fingerprint density at radius 3 is 2.40 bits per heavy atom. The van der Waals surface area contributed by atoms with Gasteiger partial charge in [0.2, 0.25) is 0 Å². The molecule has 2 unspecified atom stereocenters. The van der Waals surface area contributed by atoms with Crippen LogP contribution in [-0.4, -0.2) is 25.4 Å². The molecule has 0 radical (unpaired) electrons. The van der Waals surface area contributed by atoms with Gasteiger partial charge < -0.3 is 4.74 Å². The van der Waals surface area contributed by atoms with Crippen molar-refractivity contribution in [2.45, 2.75) is 50.9 Å². The van der Waals surface area contributed by atoms with E-state index in [9.17, 15) is 13.2 Å². The van der Waals surface area contributed by atoms with E-state index in [-0.39, 0.29) is 18.6 Å². The Labute approximate surface area is 88.1 Å². The van der Waals surface area contributed by atoms with Crippen LogP contribution >= 0.6 is 0 Å². The first-order chi connectivity index (χ1) is 6.89. The highest BCUT2D eigenvalue weighted by Crippen LogP contribution is 2.23. The number of hydrogen-bond acceptors (Lipinski definition) is 3. The minimum atomic E-state index is -4.08. The Balaban J connectivity index is 3.71. The van der Waals surface area contributed by atoms with Crippen LogP contribution in [0.3, 0.4) is 0 Å². The predicted octanol–water partition coefficient (Wildman–Crippen LogP) is 1.98. The smallest absolute Gasteiger partial charge is 0.382 e. The molecule has 3 N–H and O–H groups in total. The lowest BCUT2D eigenvalue weighted by Crippen LogP contribution is -2.37. The molecule has 0 fully saturated rings. The van der Waals surface area contributed by atoms with Gasteiger partial charge in [0.15, 0.2) is 0 Å². The van der Waals surface area contributed by atoms with Gasteiger partial charge >= 0.3 is 6.18 Å². The van der Waals surface area contributed by atoms with Gasteiger partial charge in [-0.05, 0) is 26.2 Å². The average Bonchev–Trinajstić information content (AvgIpc) is 2.14. The van der Waals surface area contributed by atoms with Gasteiger partial charge in [-0.15, -0.1) is 0 Å². The molecule has 0 rings (SSSR count). The maximum atomic E-state index is 11.9. The zero-order chi connectivity index (χ0) is 11.9. The number of nitrogens with one attached hydrogen (secondary N) is 1. The molecule has 0 heterocycles. The van der Waals surface area contributed by atoms with Crippen molar-refractivity contribution in [2.24, 2.45) is 5.84 Å². The van der Waals surface area contributed by atoms with E-state index in [4.69, 9.17) is 10.6 Å². The summed E-state index contributed by atoms with van der Waals surface area (Å²) < 4.78 is 40.6. The lowest BCUT2D eigenvalue weighted by molar-refractivity contribution is -0.135. The van der Waals surface area contributed by atoms with Gasteiger partial charge in [0.1, 0.15) is 0 Å². The molecule has 6 heteroatoms. The van der Waals surface area contributed by atoms with E-state index in [0.717, 1.165) is 0 Å². The van der Waals surface area contributed by atoms with E-state index in [1.54, 1.807) is 7.11 Å². The van der Waals surface area contributed by atoms with Crippen molar-refractivity contribution in [2.75, 3.05) is 7.11 Å². The summed E-state index contributed by atoms with van der Waals surface area (Å²) in [5.41, 5.74) is 2.51. The van der Waals surface area contributed by atoms with Crippen molar-refractivity contribution >= 4 is 0 Å². The highest BCUT2D eigenvalue weighted by molar-refractivity contribution is 4.68. The number of halogens is 3. The third kappa shape index (κ3) is 8.65. The van der Waals surface area contributed by atoms with Crippen LogP contribution in [-0.2, 0) is 4.74 Å². The molecule has 0 saturated carbocycles. The summed E-state index contributed by atoms with van der Waals surface area (Å²) in [7, 11) is 1.56. The topological polar surface area (TPSA) is 47.3 Å². The predicted molar refractivity (Wildman–Crippen MR) is 52.1 cm³/mol. The van der Waals surface area contributed by atoms with Crippen molar-refractivity contribution < 1.29 is 17.9 Å². The van der Waals surface area contributed by atoms with Gasteiger partial charge in [-0.25, -0.2) is 0 Å². The number of hydrogen-bond donors (Lipinski definition) is 2. The van der Waals surface area contributed by atoms with E-state index in [2.05, 4.69) is 5.43 Å². The molecule has 0 aliphatic rings. The van der Waals surface area contributed by atoms with Gasteiger partial charge in [-0.2, -0.15) is 13.2 Å². The largest absolute Gasteiger partial charge is 0.389 e. The Bertz CT molecular complexity index is 164. The first kappa shape index (κ1) is 14.7. The van der Waals surface area contributed by atoms with Gasteiger partial charge in [-0.1, -0.05) is 0 Å². The van der Waals surface area contributed by atoms with Crippen molar-refractivity contribution in [3.8, 4) is 0 Å². The van der Waals surface area contributed by atoms with E-state index in [1.807, 2.05) is 6.92 Å². The molecule has 0 saturated heterocycles. The van der Waals surface area contributed by atoms with Gasteiger partial charge in [0, 0.05) is 19.6 Å². The van der Waals surface area contributed by atoms with Crippen LogP contribution in [0.25, 0.3) is 0 Å². The third-order valence-corrected chi connectivity index (χ3v) is 2.27. The van der Waals surface area contributed by atoms with Crippen LogP contribution in [0, 0.1) is 0 Å². The van der Waals surface area contributed by atoms with Crippen LogP contribution in [0.2, 0.25) is 0 Å². The second kappa shape index (κ2) is 7.03. The molecule has 2 atom stereocenters.